The smallest absolute Gasteiger partial charge is 0.247 e. The molecule has 0 aromatic heterocycles. The van der Waals surface area contributed by atoms with Crippen molar-refractivity contribution in [2.45, 2.75) is 65.0 Å². The minimum atomic E-state index is -0.329. The Labute approximate surface area is 128 Å². The minimum absolute atomic E-state index is 0.134. The topological polar surface area (TPSA) is 75.6 Å². The van der Waals surface area contributed by atoms with E-state index in [1.54, 1.807) is 11.2 Å². The van der Waals surface area contributed by atoms with Crippen LogP contribution in [0.3, 0.4) is 0 Å². The first-order chi connectivity index (χ1) is 9.91. The third-order valence-electron chi connectivity index (χ3n) is 4.92. The van der Waals surface area contributed by atoms with Crippen molar-refractivity contribution in [2.75, 3.05) is 6.54 Å². The highest BCUT2D eigenvalue weighted by Gasteiger charge is 2.35. The standard InChI is InChI=1S/C16H30N4O/c1-11(2)15(16(21)19-9-5-6-12(19)3)20(18)10-14(17)13-7-4-8-13/h10-13,15H,4-9,17-18H2,1-3H3/b14-10-. The van der Waals surface area contributed by atoms with Crippen LogP contribution in [0, 0.1) is 11.8 Å². The van der Waals surface area contributed by atoms with Gasteiger partial charge >= 0.3 is 0 Å². The molecule has 5 nitrogen and oxygen atoms in total. The van der Waals surface area contributed by atoms with Gasteiger partial charge in [0, 0.05) is 24.5 Å². The Morgan fingerprint density at radius 3 is 2.38 bits per heavy atom. The van der Waals surface area contributed by atoms with Crippen LogP contribution in [-0.2, 0) is 4.79 Å². The SMILES string of the molecule is CC(C)C(C(=O)N1CCCC1C)N(N)/C=C(\N)C1CCC1. The number of amides is 1. The molecule has 0 aromatic rings. The predicted molar refractivity (Wildman–Crippen MR) is 84.7 cm³/mol. The van der Waals surface area contributed by atoms with Gasteiger partial charge in [-0.15, -0.1) is 0 Å². The fourth-order valence-corrected chi connectivity index (χ4v) is 3.29. The third-order valence-corrected chi connectivity index (χ3v) is 4.92. The molecule has 1 heterocycles. The monoisotopic (exact) mass is 294 g/mol. The molecular formula is C16H30N4O. The average Bonchev–Trinajstić information content (AvgIpc) is 2.72. The van der Waals surface area contributed by atoms with Crippen molar-refractivity contribution in [3.8, 4) is 0 Å². The molecule has 1 aliphatic heterocycles. The summed E-state index contributed by atoms with van der Waals surface area (Å²) in [5, 5.41) is 1.55. The molecule has 21 heavy (non-hydrogen) atoms. The second kappa shape index (κ2) is 6.69. The molecule has 4 N–H and O–H groups in total. The van der Waals surface area contributed by atoms with Crippen LogP contribution in [0.15, 0.2) is 11.9 Å². The van der Waals surface area contributed by atoms with Gasteiger partial charge in [-0.05, 0) is 44.4 Å². The number of allylic oxidation sites excluding steroid dienone is 1. The number of rotatable bonds is 5. The van der Waals surface area contributed by atoms with Crippen LogP contribution in [0.1, 0.15) is 52.9 Å². The molecule has 0 aromatic carbocycles. The third kappa shape index (κ3) is 3.51. The lowest BCUT2D eigenvalue weighted by atomic mass is 9.83. The summed E-state index contributed by atoms with van der Waals surface area (Å²) in [5.74, 6) is 6.92. The zero-order chi connectivity index (χ0) is 15.6. The van der Waals surface area contributed by atoms with Gasteiger partial charge in [-0.1, -0.05) is 20.3 Å². The highest BCUT2D eigenvalue weighted by atomic mass is 16.2. The van der Waals surface area contributed by atoms with E-state index in [4.69, 9.17) is 11.6 Å². The molecule has 2 aliphatic rings. The first-order valence-corrected chi connectivity index (χ1v) is 8.22. The summed E-state index contributed by atoms with van der Waals surface area (Å²) in [4.78, 5) is 14.8. The quantitative estimate of drug-likeness (QED) is 0.599. The zero-order valence-electron chi connectivity index (χ0n) is 13.6. The highest BCUT2D eigenvalue weighted by Crippen LogP contribution is 2.31. The van der Waals surface area contributed by atoms with Crippen molar-refractivity contribution in [3.05, 3.63) is 11.9 Å². The molecule has 2 atom stereocenters. The van der Waals surface area contributed by atoms with Crippen LogP contribution in [0.2, 0.25) is 0 Å². The lowest BCUT2D eigenvalue weighted by Crippen LogP contribution is -2.53. The summed E-state index contributed by atoms with van der Waals surface area (Å²) >= 11 is 0. The van der Waals surface area contributed by atoms with Crippen molar-refractivity contribution in [1.82, 2.24) is 9.91 Å². The van der Waals surface area contributed by atoms with Gasteiger partial charge in [-0.25, -0.2) is 5.84 Å². The molecule has 0 radical (unpaired) electrons. The maximum atomic E-state index is 12.8. The summed E-state index contributed by atoms with van der Waals surface area (Å²) < 4.78 is 0. The number of hydrogen-bond acceptors (Lipinski definition) is 4. The van der Waals surface area contributed by atoms with E-state index in [2.05, 4.69) is 6.92 Å². The van der Waals surface area contributed by atoms with E-state index < -0.39 is 0 Å². The summed E-state index contributed by atoms with van der Waals surface area (Å²) in [7, 11) is 0. The molecule has 1 saturated heterocycles. The lowest BCUT2D eigenvalue weighted by molar-refractivity contribution is -0.138. The van der Waals surface area contributed by atoms with Gasteiger partial charge in [0.15, 0.2) is 0 Å². The van der Waals surface area contributed by atoms with Crippen LogP contribution in [0.4, 0.5) is 0 Å². The van der Waals surface area contributed by atoms with E-state index in [0.717, 1.165) is 37.9 Å². The number of likely N-dealkylation sites (tertiary alicyclic amines) is 1. The summed E-state index contributed by atoms with van der Waals surface area (Å²) in [6.45, 7) is 7.04. The molecule has 0 spiro atoms. The molecule has 2 fully saturated rings. The Kier molecular flexibility index (Phi) is 5.14. The van der Waals surface area contributed by atoms with Crippen LogP contribution in [0.25, 0.3) is 0 Å². The van der Waals surface area contributed by atoms with E-state index in [1.165, 1.54) is 6.42 Å². The molecule has 1 amide bonds. The van der Waals surface area contributed by atoms with Gasteiger partial charge in [0.05, 0.1) is 0 Å². The van der Waals surface area contributed by atoms with Crippen molar-refractivity contribution in [1.29, 1.82) is 0 Å². The predicted octanol–water partition coefficient (Wildman–Crippen LogP) is 1.80. The molecule has 1 aliphatic carbocycles. The highest BCUT2D eigenvalue weighted by molar-refractivity contribution is 5.82. The van der Waals surface area contributed by atoms with Gasteiger partial charge in [0.1, 0.15) is 6.04 Å². The minimum Gasteiger partial charge on any atom is -0.401 e. The number of carbonyl (C=O) groups is 1. The van der Waals surface area contributed by atoms with Crippen molar-refractivity contribution in [3.63, 3.8) is 0 Å². The Balaban J connectivity index is 2.08. The molecular weight excluding hydrogens is 264 g/mol. The van der Waals surface area contributed by atoms with E-state index in [-0.39, 0.29) is 17.9 Å². The van der Waals surface area contributed by atoms with Crippen molar-refractivity contribution >= 4 is 5.91 Å². The fourth-order valence-electron chi connectivity index (χ4n) is 3.29. The molecule has 1 saturated carbocycles. The molecule has 5 heteroatoms. The Hall–Kier alpha value is -1.23. The van der Waals surface area contributed by atoms with Gasteiger partial charge in [0.2, 0.25) is 5.91 Å². The first kappa shape index (κ1) is 16.1. The van der Waals surface area contributed by atoms with Crippen molar-refractivity contribution in [2.24, 2.45) is 23.4 Å². The molecule has 120 valence electrons. The van der Waals surface area contributed by atoms with E-state index in [1.807, 2.05) is 18.7 Å². The van der Waals surface area contributed by atoms with Crippen LogP contribution < -0.4 is 11.6 Å². The lowest BCUT2D eigenvalue weighted by Gasteiger charge is -2.35. The summed E-state index contributed by atoms with van der Waals surface area (Å²) in [5.41, 5.74) is 6.93. The second-order valence-corrected chi connectivity index (χ2v) is 6.92. The van der Waals surface area contributed by atoms with Crippen LogP contribution in [-0.4, -0.2) is 34.4 Å². The largest absolute Gasteiger partial charge is 0.401 e. The van der Waals surface area contributed by atoms with Crippen LogP contribution in [0.5, 0.6) is 0 Å². The normalized spacial score (nSPS) is 25.1. The Bertz CT molecular complexity index is 403. The summed E-state index contributed by atoms with van der Waals surface area (Å²) in [6.07, 6.45) is 7.47. The van der Waals surface area contributed by atoms with E-state index in [9.17, 15) is 4.79 Å². The second-order valence-electron chi connectivity index (χ2n) is 6.92. The fraction of sp³-hybridized carbons (Fsp3) is 0.812. The number of hydrogen-bond donors (Lipinski definition) is 2. The van der Waals surface area contributed by atoms with Crippen molar-refractivity contribution < 1.29 is 4.79 Å². The average molecular weight is 294 g/mol. The maximum Gasteiger partial charge on any atom is 0.247 e. The van der Waals surface area contributed by atoms with E-state index >= 15 is 0 Å². The number of nitrogens with two attached hydrogens (primary N) is 2. The first-order valence-electron chi connectivity index (χ1n) is 8.22. The Morgan fingerprint density at radius 2 is 1.95 bits per heavy atom. The van der Waals surface area contributed by atoms with Gasteiger partial charge in [0.25, 0.3) is 0 Å². The molecule has 2 rings (SSSR count). The molecule has 0 bridgehead atoms. The van der Waals surface area contributed by atoms with E-state index in [0.29, 0.717) is 12.0 Å². The van der Waals surface area contributed by atoms with Gasteiger partial charge in [-0.2, -0.15) is 0 Å². The number of hydrazine groups is 1. The van der Waals surface area contributed by atoms with Gasteiger partial charge < -0.3 is 15.6 Å². The zero-order valence-corrected chi connectivity index (χ0v) is 13.6. The number of carbonyl (C=O) groups excluding carboxylic acids is 1. The maximum absolute atomic E-state index is 12.8. The van der Waals surface area contributed by atoms with Crippen LogP contribution >= 0.6 is 0 Å². The Morgan fingerprint density at radius 1 is 1.29 bits per heavy atom. The summed E-state index contributed by atoms with van der Waals surface area (Å²) in [6, 6.07) is -0.00992. The van der Waals surface area contributed by atoms with Gasteiger partial charge in [-0.3, -0.25) is 4.79 Å². The molecule has 2 unspecified atom stereocenters. The number of nitrogens with zero attached hydrogens (tertiary/aromatic N) is 2.